The second kappa shape index (κ2) is 6.00. The number of halogens is 1. The van der Waals surface area contributed by atoms with Crippen LogP contribution in [0, 0.1) is 5.82 Å². The molecule has 1 unspecified atom stereocenters. The van der Waals surface area contributed by atoms with Gasteiger partial charge in [-0.15, -0.1) is 9.24 Å². The van der Waals surface area contributed by atoms with Crippen LogP contribution in [0.3, 0.4) is 0 Å². The number of nitrogens with zero attached hydrogens (tertiary/aromatic N) is 1. The molecule has 0 aliphatic rings. The van der Waals surface area contributed by atoms with E-state index in [2.05, 4.69) is 15.8 Å². The van der Waals surface area contributed by atoms with Crippen LogP contribution in [0.1, 0.15) is 18.9 Å². The second-order valence-corrected chi connectivity index (χ2v) is 4.59. The van der Waals surface area contributed by atoms with E-state index >= 15 is 0 Å². The molecule has 0 N–H and O–H groups in total. The minimum atomic E-state index is -0.174. The largest absolute Gasteiger partial charge is 0.372 e. The van der Waals surface area contributed by atoms with Crippen molar-refractivity contribution >= 4 is 20.5 Å². The van der Waals surface area contributed by atoms with Gasteiger partial charge in [0.25, 0.3) is 0 Å². The summed E-state index contributed by atoms with van der Waals surface area (Å²) in [7, 11) is 4.60. The third-order valence-electron chi connectivity index (χ3n) is 2.55. The first-order valence-corrected chi connectivity index (χ1v) is 6.24. The summed E-state index contributed by atoms with van der Waals surface area (Å²) in [4.78, 5) is 1.95. The Bertz CT molecular complexity index is 376. The molecule has 3 heteroatoms. The lowest BCUT2D eigenvalue weighted by Crippen LogP contribution is -2.20. The molecule has 16 heavy (non-hydrogen) atoms. The molecule has 0 amide bonds. The topological polar surface area (TPSA) is 3.24 Å². The van der Waals surface area contributed by atoms with Crippen molar-refractivity contribution in [2.45, 2.75) is 13.3 Å². The summed E-state index contributed by atoms with van der Waals surface area (Å²) < 4.78 is 13.8. The molecule has 0 aliphatic carbocycles. The van der Waals surface area contributed by atoms with Crippen LogP contribution in [0.25, 0.3) is 5.57 Å². The van der Waals surface area contributed by atoms with Gasteiger partial charge in [0.1, 0.15) is 5.82 Å². The number of anilines is 1. The molecule has 1 nitrogen and oxygen atoms in total. The third-order valence-corrected chi connectivity index (χ3v) is 2.96. The maximum Gasteiger partial charge on any atom is 0.147 e. The van der Waals surface area contributed by atoms with E-state index in [4.69, 9.17) is 0 Å². The molecule has 0 heterocycles. The van der Waals surface area contributed by atoms with Crippen LogP contribution < -0.4 is 4.90 Å². The predicted octanol–water partition coefficient (Wildman–Crippen LogP) is 3.56. The Morgan fingerprint density at radius 1 is 1.50 bits per heavy atom. The molecule has 1 aromatic rings. The van der Waals surface area contributed by atoms with Crippen molar-refractivity contribution in [3.05, 3.63) is 36.2 Å². The van der Waals surface area contributed by atoms with E-state index in [1.165, 1.54) is 0 Å². The molecule has 1 rings (SSSR count). The average molecular weight is 239 g/mol. The van der Waals surface area contributed by atoms with Crippen LogP contribution in [-0.2, 0) is 0 Å². The first-order valence-electron chi connectivity index (χ1n) is 5.43. The van der Waals surface area contributed by atoms with Gasteiger partial charge in [-0.3, -0.25) is 0 Å². The maximum absolute atomic E-state index is 13.8. The van der Waals surface area contributed by atoms with Gasteiger partial charge >= 0.3 is 0 Å². The molecule has 0 bridgehead atoms. The predicted molar refractivity (Wildman–Crippen MR) is 73.6 cm³/mol. The van der Waals surface area contributed by atoms with Crippen LogP contribution in [-0.4, -0.2) is 19.8 Å². The number of hydrogen-bond acceptors (Lipinski definition) is 1. The standard InChI is InChI=1S/C13H19FNP/c1-10(2)11-5-6-13(12(14)9-11)15(3)7-4-8-16/h5-6,9H,1,4,7-8,16H2,2-3H3. The zero-order valence-corrected chi connectivity index (χ0v) is 11.1. The Hall–Kier alpha value is -0.880. The van der Waals surface area contributed by atoms with Gasteiger partial charge in [0, 0.05) is 13.6 Å². The zero-order chi connectivity index (χ0) is 12.1. The normalized spacial score (nSPS) is 10.2. The van der Waals surface area contributed by atoms with E-state index in [1.54, 1.807) is 6.07 Å². The smallest absolute Gasteiger partial charge is 0.147 e. The second-order valence-electron chi connectivity index (χ2n) is 4.01. The van der Waals surface area contributed by atoms with Crippen molar-refractivity contribution in [1.29, 1.82) is 0 Å². The van der Waals surface area contributed by atoms with E-state index in [1.807, 2.05) is 31.0 Å². The first kappa shape index (κ1) is 13.2. The monoisotopic (exact) mass is 239 g/mol. The zero-order valence-electron chi connectivity index (χ0n) is 9.96. The van der Waals surface area contributed by atoms with Crippen molar-refractivity contribution in [3.8, 4) is 0 Å². The molecule has 1 atom stereocenters. The van der Waals surface area contributed by atoms with Gasteiger partial charge in [-0.1, -0.05) is 18.2 Å². The molecule has 88 valence electrons. The van der Waals surface area contributed by atoms with Crippen LogP contribution in [0.4, 0.5) is 10.1 Å². The highest BCUT2D eigenvalue weighted by Gasteiger charge is 2.08. The Morgan fingerprint density at radius 2 is 2.19 bits per heavy atom. The average Bonchev–Trinajstić information content (AvgIpc) is 2.25. The fraction of sp³-hybridized carbons (Fsp3) is 0.385. The van der Waals surface area contributed by atoms with Crippen molar-refractivity contribution in [1.82, 2.24) is 0 Å². The van der Waals surface area contributed by atoms with Crippen molar-refractivity contribution in [2.24, 2.45) is 0 Å². The summed E-state index contributed by atoms with van der Waals surface area (Å²) >= 11 is 0. The summed E-state index contributed by atoms with van der Waals surface area (Å²) in [5.41, 5.74) is 2.40. The Morgan fingerprint density at radius 3 is 2.69 bits per heavy atom. The van der Waals surface area contributed by atoms with Crippen LogP contribution >= 0.6 is 9.24 Å². The van der Waals surface area contributed by atoms with Gasteiger partial charge in [-0.2, -0.15) is 0 Å². The molecule has 1 aromatic carbocycles. The molecule has 0 spiro atoms. The lowest BCUT2D eigenvalue weighted by atomic mass is 10.1. The first-order chi connectivity index (χ1) is 7.56. The van der Waals surface area contributed by atoms with Gasteiger partial charge < -0.3 is 4.90 Å². The third kappa shape index (κ3) is 3.31. The van der Waals surface area contributed by atoms with Crippen LogP contribution in [0.2, 0.25) is 0 Å². The summed E-state index contributed by atoms with van der Waals surface area (Å²) in [6.45, 7) is 6.56. The molecule has 0 saturated carbocycles. The maximum atomic E-state index is 13.8. The minimum absolute atomic E-state index is 0.174. The van der Waals surface area contributed by atoms with Crippen LogP contribution in [0.15, 0.2) is 24.8 Å². The van der Waals surface area contributed by atoms with E-state index in [-0.39, 0.29) is 5.82 Å². The molecule has 0 saturated heterocycles. The highest BCUT2D eigenvalue weighted by molar-refractivity contribution is 7.16. The lowest BCUT2D eigenvalue weighted by Gasteiger charge is -2.20. The summed E-state index contributed by atoms with van der Waals surface area (Å²) in [5.74, 6) is -0.174. The fourth-order valence-electron chi connectivity index (χ4n) is 1.53. The van der Waals surface area contributed by atoms with E-state index < -0.39 is 0 Å². The highest BCUT2D eigenvalue weighted by Crippen LogP contribution is 2.22. The Kier molecular flexibility index (Phi) is 4.95. The summed E-state index contributed by atoms with van der Waals surface area (Å²) in [5, 5.41) is 0. The van der Waals surface area contributed by atoms with Gasteiger partial charge in [-0.25, -0.2) is 4.39 Å². The molecular formula is C13H19FNP. The van der Waals surface area contributed by atoms with Crippen molar-refractivity contribution in [2.75, 3.05) is 24.7 Å². The highest BCUT2D eigenvalue weighted by atomic mass is 31.0. The number of allylic oxidation sites excluding steroid dienone is 1. The molecule has 0 fully saturated rings. The number of rotatable bonds is 5. The van der Waals surface area contributed by atoms with E-state index in [0.717, 1.165) is 30.3 Å². The van der Waals surface area contributed by atoms with Gasteiger partial charge in [0.05, 0.1) is 5.69 Å². The molecule has 0 radical (unpaired) electrons. The van der Waals surface area contributed by atoms with Crippen molar-refractivity contribution in [3.63, 3.8) is 0 Å². The Balaban J connectivity index is 2.85. The minimum Gasteiger partial charge on any atom is -0.372 e. The van der Waals surface area contributed by atoms with E-state index in [0.29, 0.717) is 5.69 Å². The molecular weight excluding hydrogens is 220 g/mol. The summed E-state index contributed by atoms with van der Waals surface area (Å²) in [6, 6.07) is 5.29. The SMILES string of the molecule is C=C(C)c1ccc(N(C)CCCP)c(F)c1. The fourth-order valence-corrected chi connectivity index (χ4v) is 1.71. The lowest BCUT2D eigenvalue weighted by molar-refractivity contribution is 0.621. The number of hydrogen-bond donors (Lipinski definition) is 0. The van der Waals surface area contributed by atoms with Gasteiger partial charge in [0.2, 0.25) is 0 Å². The number of benzene rings is 1. The van der Waals surface area contributed by atoms with E-state index in [9.17, 15) is 4.39 Å². The molecule has 0 aromatic heterocycles. The van der Waals surface area contributed by atoms with Crippen LogP contribution in [0.5, 0.6) is 0 Å². The van der Waals surface area contributed by atoms with Crippen molar-refractivity contribution < 1.29 is 4.39 Å². The Labute approximate surface area is 99.6 Å². The van der Waals surface area contributed by atoms with Gasteiger partial charge in [0.15, 0.2) is 0 Å². The summed E-state index contributed by atoms with van der Waals surface area (Å²) in [6.07, 6.45) is 2.08. The quantitative estimate of drug-likeness (QED) is 0.710. The molecule has 0 aliphatic heterocycles. The van der Waals surface area contributed by atoms with Gasteiger partial charge in [-0.05, 0) is 37.2 Å².